The standard InChI is InChI=1S/C13H14F3NO5S/c1-7(18)23-3-2-11(19)12(20)8-4-9(13(14,15)16)6-10(5-8)17(21)22/h4-6,11-12,19-20H,2-3H2,1H3. The van der Waals surface area contributed by atoms with Crippen LogP contribution in [-0.2, 0) is 11.0 Å². The number of thioether (sulfide) groups is 1. The number of alkyl halides is 3. The first kappa shape index (κ1) is 19.4. The van der Waals surface area contributed by atoms with Crippen molar-refractivity contribution in [2.75, 3.05) is 5.75 Å². The van der Waals surface area contributed by atoms with E-state index < -0.39 is 40.1 Å². The molecule has 1 aromatic rings. The number of benzene rings is 1. The fraction of sp³-hybridized carbons (Fsp3) is 0.462. The maximum Gasteiger partial charge on any atom is 0.416 e. The average molecular weight is 353 g/mol. The van der Waals surface area contributed by atoms with Gasteiger partial charge in [-0.1, -0.05) is 11.8 Å². The summed E-state index contributed by atoms with van der Waals surface area (Å²) in [6.07, 6.45) is -8.07. The van der Waals surface area contributed by atoms with Gasteiger partial charge in [0.25, 0.3) is 5.69 Å². The van der Waals surface area contributed by atoms with Gasteiger partial charge in [-0.25, -0.2) is 0 Å². The van der Waals surface area contributed by atoms with Gasteiger partial charge in [0, 0.05) is 24.8 Å². The number of nitrogens with zero attached hydrogens (tertiary/aromatic N) is 1. The van der Waals surface area contributed by atoms with Crippen molar-refractivity contribution in [2.45, 2.75) is 31.7 Å². The predicted octanol–water partition coefficient (Wildman–Crippen LogP) is 2.68. The Morgan fingerprint density at radius 3 is 2.43 bits per heavy atom. The fourth-order valence-corrected chi connectivity index (χ4v) is 2.42. The molecule has 0 saturated heterocycles. The number of nitro benzene ring substituents is 1. The summed E-state index contributed by atoms with van der Waals surface area (Å²) in [6, 6.07) is 1.69. The van der Waals surface area contributed by atoms with E-state index in [1.807, 2.05) is 0 Å². The Bertz CT molecular complexity index is 593. The van der Waals surface area contributed by atoms with Crippen LogP contribution in [0.3, 0.4) is 0 Å². The lowest BCUT2D eigenvalue weighted by atomic mass is 9.99. The van der Waals surface area contributed by atoms with Gasteiger partial charge in [-0.05, 0) is 18.1 Å². The van der Waals surface area contributed by atoms with Crippen LogP contribution in [0.15, 0.2) is 18.2 Å². The second-order valence-electron chi connectivity index (χ2n) is 4.71. The topological polar surface area (TPSA) is 101 Å². The molecule has 0 spiro atoms. The van der Waals surface area contributed by atoms with Crippen LogP contribution >= 0.6 is 11.8 Å². The third-order valence-corrected chi connectivity index (χ3v) is 3.75. The molecule has 0 heterocycles. The zero-order valence-electron chi connectivity index (χ0n) is 11.9. The molecule has 0 aliphatic heterocycles. The van der Waals surface area contributed by atoms with Crippen LogP contribution in [-0.4, -0.2) is 32.1 Å². The Morgan fingerprint density at radius 2 is 1.96 bits per heavy atom. The molecule has 2 unspecified atom stereocenters. The number of carbonyl (C=O) groups excluding carboxylic acids is 1. The summed E-state index contributed by atoms with van der Waals surface area (Å²) < 4.78 is 38.3. The van der Waals surface area contributed by atoms with Gasteiger partial charge in [0.1, 0.15) is 6.10 Å². The normalized spacial score (nSPS) is 14.3. The molecular weight excluding hydrogens is 339 g/mol. The third-order valence-electron chi connectivity index (χ3n) is 2.90. The maximum atomic E-state index is 12.8. The number of aliphatic hydroxyl groups excluding tert-OH is 2. The summed E-state index contributed by atoms with van der Waals surface area (Å²) in [5.41, 5.74) is -2.53. The molecule has 0 fully saturated rings. The van der Waals surface area contributed by atoms with Gasteiger partial charge >= 0.3 is 6.18 Å². The first-order valence-electron chi connectivity index (χ1n) is 6.38. The lowest BCUT2D eigenvalue weighted by Gasteiger charge is -2.19. The zero-order valence-corrected chi connectivity index (χ0v) is 12.7. The largest absolute Gasteiger partial charge is 0.416 e. The van der Waals surface area contributed by atoms with Gasteiger partial charge < -0.3 is 10.2 Å². The molecule has 23 heavy (non-hydrogen) atoms. The number of nitro groups is 1. The molecular formula is C13H14F3NO5S. The van der Waals surface area contributed by atoms with Crippen molar-refractivity contribution < 1.29 is 33.1 Å². The SMILES string of the molecule is CC(=O)SCCC(O)C(O)c1cc([N+](=O)[O-])cc(C(F)(F)F)c1. The van der Waals surface area contributed by atoms with Crippen molar-refractivity contribution in [3.63, 3.8) is 0 Å². The fourth-order valence-electron chi connectivity index (χ4n) is 1.78. The summed E-state index contributed by atoms with van der Waals surface area (Å²) >= 11 is 0.889. The van der Waals surface area contributed by atoms with Crippen molar-refractivity contribution in [3.05, 3.63) is 39.4 Å². The van der Waals surface area contributed by atoms with Crippen LogP contribution < -0.4 is 0 Å². The van der Waals surface area contributed by atoms with E-state index in [2.05, 4.69) is 0 Å². The second kappa shape index (κ2) is 7.75. The van der Waals surface area contributed by atoms with Gasteiger partial charge in [0.2, 0.25) is 0 Å². The molecule has 0 aromatic heterocycles. The third kappa shape index (κ3) is 5.81. The number of rotatable bonds is 6. The molecule has 2 atom stereocenters. The minimum atomic E-state index is -4.82. The highest BCUT2D eigenvalue weighted by Crippen LogP contribution is 2.35. The molecule has 10 heteroatoms. The van der Waals surface area contributed by atoms with E-state index in [1.54, 1.807) is 0 Å². The minimum absolute atomic E-state index is 0.0601. The monoisotopic (exact) mass is 353 g/mol. The van der Waals surface area contributed by atoms with Crippen LogP contribution in [0.1, 0.15) is 30.6 Å². The van der Waals surface area contributed by atoms with E-state index >= 15 is 0 Å². The first-order valence-corrected chi connectivity index (χ1v) is 7.37. The smallest absolute Gasteiger partial charge is 0.390 e. The molecule has 1 aromatic carbocycles. The van der Waals surface area contributed by atoms with Gasteiger partial charge in [-0.3, -0.25) is 14.9 Å². The minimum Gasteiger partial charge on any atom is -0.390 e. The van der Waals surface area contributed by atoms with Crippen molar-refractivity contribution in [1.82, 2.24) is 0 Å². The molecule has 0 bridgehead atoms. The van der Waals surface area contributed by atoms with Crippen molar-refractivity contribution >= 4 is 22.6 Å². The molecule has 2 N–H and O–H groups in total. The molecule has 0 saturated carbocycles. The van der Waals surface area contributed by atoms with E-state index in [4.69, 9.17) is 0 Å². The van der Waals surface area contributed by atoms with Crippen LogP contribution in [0.4, 0.5) is 18.9 Å². The number of non-ortho nitro benzene ring substituents is 1. The van der Waals surface area contributed by atoms with Crippen molar-refractivity contribution in [3.8, 4) is 0 Å². The van der Waals surface area contributed by atoms with E-state index in [0.29, 0.717) is 12.1 Å². The summed E-state index contributed by atoms with van der Waals surface area (Å²) in [5.74, 6) is 0.161. The highest BCUT2D eigenvalue weighted by Gasteiger charge is 2.34. The Hall–Kier alpha value is -1.65. The Kier molecular flexibility index (Phi) is 6.54. The summed E-state index contributed by atoms with van der Waals surface area (Å²) in [4.78, 5) is 20.5. The molecule has 0 aliphatic rings. The predicted molar refractivity (Wildman–Crippen MR) is 76.8 cm³/mol. The Balaban J connectivity index is 3.03. The highest BCUT2D eigenvalue weighted by molar-refractivity contribution is 8.13. The molecule has 0 aliphatic carbocycles. The lowest BCUT2D eigenvalue weighted by Crippen LogP contribution is -2.20. The van der Waals surface area contributed by atoms with Gasteiger partial charge in [0.05, 0.1) is 16.6 Å². The van der Waals surface area contributed by atoms with Crippen LogP contribution in [0.2, 0.25) is 0 Å². The zero-order chi connectivity index (χ0) is 17.8. The van der Waals surface area contributed by atoms with Gasteiger partial charge in [-0.15, -0.1) is 0 Å². The first-order chi connectivity index (χ1) is 10.5. The van der Waals surface area contributed by atoms with Crippen molar-refractivity contribution in [1.29, 1.82) is 0 Å². The molecule has 0 amide bonds. The average Bonchev–Trinajstić information content (AvgIpc) is 2.44. The van der Waals surface area contributed by atoms with E-state index in [1.165, 1.54) is 6.92 Å². The maximum absolute atomic E-state index is 12.8. The number of carbonyl (C=O) groups is 1. The van der Waals surface area contributed by atoms with Crippen LogP contribution in [0.25, 0.3) is 0 Å². The van der Waals surface area contributed by atoms with Gasteiger partial charge in [-0.2, -0.15) is 13.2 Å². The summed E-state index contributed by atoms with van der Waals surface area (Å²) in [7, 11) is 0. The molecule has 128 valence electrons. The van der Waals surface area contributed by atoms with E-state index in [-0.39, 0.29) is 17.3 Å². The summed E-state index contributed by atoms with van der Waals surface area (Å²) in [5, 5.41) is 30.2. The number of hydrogen-bond donors (Lipinski definition) is 2. The van der Waals surface area contributed by atoms with Gasteiger partial charge in [0.15, 0.2) is 5.12 Å². The quantitative estimate of drug-likeness (QED) is 0.602. The van der Waals surface area contributed by atoms with Crippen molar-refractivity contribution in [2.24, 2.45) is 0 Å². The highest BCUT2D eigenvalue weighted by atomic mass is 32.2. The van der Waals surface area contributed by atoms with Crippen LogP contribution in [0.5, 0.6) is 0 Å². The molecule has 6 nitrogen and oxygen atoms in total. The number of halogens is 3. The summed E-state index contributed by atoms with van der Waals surface area (Å²) in [6.45, 7) is 1.31. The van der Waals surface area contributed by atoms with E-state index in [0.717, 1.165) is 17.8 Å². The number of hydrogen-bond acceptors (Lipinski definition) is 6. The number of aliphatic hydroxyl groups is 2. The molecule has 1 rings (SSSR count). The Labute approximate surface area is 133 Å². The lowest BCUT2D eigenvalue weighted by molar-refractivity contribution is -0.385. The van der Waals surface area contributed by atoms with E-state index in [9.17, 15) is 38.3 Å². The Morgan fingerprint density at radius 1 is 1.35 bits per heavy atom. The molecule has 0 radical (unpaired) electrons. The second-order valence-corrected chi connectivity index (χ2v) is 5.98. The van der Waals surface area contributed by atoms with Crippen LogP contribution in [0, 0.1) is 10.1 Å².